The second-order valence-corrected chi connectivity index (χ2v) is 13.7. The van der Waals surface area contributed by atoms with Gasteiger partial charge in [-0.2, -0.15) is 5.10 Å². The lowest BCUT2D eigenvalue weighted by Gasteiger charge is -2.29. The summed E-state index contributed by atoms with van der Waals surface area (Å²) in [5, 5.41) is 16.1. The lowest BCUT2D eigenvalue weighted by atomic mass is 9.82. The van der Waals surface area contributed by atoms with Crippen LogP contribution in [-0.4, -0.2) is 11.4 Å². The fraction of sp³-hybridized carbons (Fsp3) is 0.0638. The van der Waals surface area contributed by atoms with Crippen LogP contribution in [0.4, 0.5) is 22.7 Å². The fourth-order valence-electron chi connectivity index (χ4n) is 7.77. The molecule has 0 heterocycles. The fourth-order valence-corrected chi connectivity index (χ4v) is 7.77. The summed E-state index contributed by atoms with van der Waals surface area (Å²) in [6, 6.07) is 55.7. The van der Waals surface area contributed by atoms with Gasteiger partial charge in [-0.05, 0) is 92.7 Å². The maximum atomic E-state index is 9.38. The van der Waals surface area contributed by atoms with Crippen LogP contribution in [0.1, 0.15) is 36.1 Å². The second-order valence-electron chi connectivity index (χ2n) is 13.7. The molecule has 0 unspecified atom stereocenters. The first-order valence-electron chi connectivity index (χ1n) is 17.4. The number of allylic oxidation sites excluding steroid dienone is 1. The summed E-state index contributed by atoms with van der Waals surface area (Å²) < 4.78 is 0. The lowest BCUT2D eigenvalue weighted by molar-refractivity contribution is 0.660. The van der Waals surface area contributed by atoms with Crippen LogP contribution in [0.5, 0.6) is 0 Å². The number of hydrogen-bond acceptors (Lipinski definition) is 4. The van der Waals surface area contributed by atoms with Crippen molar-refractivity contribution in [3.05, 3.63) is 186 Å². The van der Waals surface area contributed by atoms with Crippen molar-refractivity contribution in [3.8, 4) is 22.3 Å². The molecule has 0 aliphatic heterocycles. The van der Waals surface area contributed by atoms with Crippen LogP contribution in [0, 0.1) is 5.41 Å². The van der Waals surface area contributed by atoms with E-state index >= 15 is 0 Å². The number of rotatable bonds is 6. The van der Waals surface area contributed by atoms with Gasteiger partial charge in [0.2, 0.25) is 0 Å². The first kappa shape index (κ1) is 30.5. The smallest absolute Gasteiger partial charge is 0.109 e. The molecule has 51 heavy (non-hydrogen) atoms. The van der Waals surface area contributed by atoms with E-state index in [4.69, 9.17) is 0 Å². The minimum atomic E-state index is -0.127. The Kier molecular flexibility index (Phi) is 7.25. The Hall–Kier alpha value is -6.52. The van der Waals surface area contributed by atoms with Crippen molar-refractivity contribution < 1.29 is 0 Å². The van der Waals surface area contributed by atoms with Crippen LogP contribution >= 0.6 is 0 Å². The predicted molar refractivity (Wildman–Crippen MR) is 215 cm³/mol. The van der Waals surface area contributed by atoms with Crippen LogP contribution in [0.2, 0.25) is 0 Å². The van der Waals surface area contributed by atoms with Gasteiger partial charge in [-0.1, -0.05) is 135 Å². The van der Waals surface area contributed by atoms with E-state index in [1.807, 2.05) is 36.4 Å². The van der Waals surface area contributed by atoms with E-state index in [9.17, 15) is 5.41 Å². The monoisotopic (exact) mass is 656 g/mol. The van der Waals surface area contributed by atoms with Crippen molar-refractivity contribution in [1.29, 1.82) is 5.41 Å². The van der Waals surface area contributed by atoms with Gasteiger partial charge in [0.25, 0.3) is 0 Å². The van der Waals surface area contributed by atoms with E-state index in [1.165, 1.54) is 33.4 Å². The van der Waals surface area contributed by atoms with E-state index in [0.29, 0.717) is 11.4 Å². The van der Waals surface area contributed by atoms with Gasteiger partial charge in [0, 0.05) is 27.9 Å². The zero-order chi connectivity index (χ0) is 34.5. The average molecular weight is 657 g/mol. The highest BCUT2D eigenvalue weighted by Gasteiger charge is 2.37. The molecular formula is C47H36N4. The molecule has 0 aromatic heterocycles. The van der Waals surface area contributed by atoms with E-state index in [0.717, 1.165) is 44.6 Å². The predicted octanol–water partition coefficient (Wildman–Crippen LogP) is 12.1. The van der Waals surface area contributed by atoms with Gasteiger partial charge in [0.05, 0.1) is 17.1 Å². The number of anilines is 4. The summed E-state index contributed by atoms with van der Waals surface area (Å²) in [5.41, 5.74) is 17.6. The summed E-state index contributed by atoms with van der Waals surface area (Å²) in [4.78, 5) is 2.39. The van der Waals surface area contributed by atoms with E-state index in [2.05, 4.69) is 163 Å². The second kappa shape index (κ2) is 12.1. The standard InChI is InChI=1S/C47H36N4/c1-47(2)40-17-10-9-16-38(40)45-41(47)18-11-19-43(45)51(36-26-22-32(23-27-36)31-12-5-3-6-13-31)37-28-24-33-20-21-34-25-29-42(46(48)44(34)39(33)30-37)50-49-35-14-7-4-8-15-35/h3-30,48-49H,1-2H3/b48-46?,50-42-. The third-order valence-corrected chi connectivity index (χ3v) is 10.4. The molecule has 0 saturated heterocycles. The van der Waals surface area contributed by atoms with Crippen LogP contribution in [0.25, 0.3) is 39.1 Å². The number of hydrazone groups is 1. The van der Waals surface area contributed by atoms with Gasteiger partial charge >= 0.3 is 0 Å². The quantitative estimate of drug-likeness (QED) is 0.175. The van der Waals surface area contributed by atoms with Gasteiger partial charge < -0.3 is 4.90 Å². The highest BCUT2D eigenvalue weighted by atomic mass is 15.3. The Morgan fingerprint density at radius 1 is 0.588 bits per heavy atom. The molecule has 0 saturated carbocycles. The highest BCUT2D eigenvalue weighted by molar-refractivity contribution is 6.55. The van der Waals surface area contributed by atoms with E-state index < -0.39 is 0 Å². The molecular weight excluding hydrogens is 621 g/mol. The summed E-state index contributed by atoms with van der Waals surface area (Å²) in [6.45, 7) is 4.65. The van der Waals surface area contributed by atoms with E-state index in [1.54, 1.807) is 0 Å². The van der Waals surface area contributed by atoms with Crippen molar-refractivity contribution in [1.82, 2.24) is 0 Å². The molecule has 2 aliphatic carbocycles. The number of hydrogen-bond donors (Lipinski definition) is 2. The number of nitrogens with zero attached hydrogens (tertiary/aromatic N) is 2. The maximum absolute atomic E-state index is 9.38. The topological polar surface area (TPSA) is 51.5 Å². The molecule has 4 nitrogen and oxygen atoms in total. The Bertz CT molecular complexity index is 2530. The van der Waals surface area contributed by atoms with Crippen molar-refractivity contribution in [3.63, 3.8) is 0 Å². The molecule has 0 bridgehead atoms. The van der Waals surface area contributed by atoms with Crippen molar-refractivity contribution >= 4 is 51.0 Å². The van der Waals surface area contributed by atoms with Crippen molar-refractivity contribution in [2.75, 3.05) is 10.3 Å². The summed E-state index contributed by atoms with van der Waals surface area (Å²) in [7, 11) is 0. The van der Waals surface area contributed by atoms with Gasteiger partial charge in [-0.15, -0.1) is 0 Å². The highest BCUT2D eigenvalue weighted by Crippen LogP contribution is 2.54. The number of nitrogens with one attached hydrogen (secondary N) is 2. The Morgan fingerprint density at radius 2 is 1.25 bits per heavy atom. The Balaban J connectivity index is 1.22. The minimum absolute atomic E-state index is 0.127. The SMILES string of the molecule is CC1(C)c2ccccc2-c2c(N(c3ccc(-c4ccccc4)cc3)c3ccc4ccc5c(c4c3)C(=N)/C(=N\Nc3ccccc3)C=C5)cccc21. The zero-order valence-corrected chi connectivity index (χ0v) is 28.6. The molecule has 9 rings (SSSR count). The number of fused-ring (bicyclic) bond motifs is 6. The maximum Gasteiger partial charge on any atom is 0.109 e. The van der Waals surface area contributed by atoms with Crippen LogP contribution in [0.15, 0.2) is 169 Å². The van der Waals surface area contributed by atoms with Gasteiger partial charge in [-0.25, -0.2) is 0 Å². The molecule has 0 atom stereocenters. The molecule has 2 aliphatic rings. The summed E-state index contributed by atoms with van der Waals surface area (Å²) in [5.74, 6) is 0. The number of benzene rings is 7. The molecule has 0 spiro atoms. The third-order valence-electron chi connectivity index (χ3n) is 10.4. The Morgan fingerprint density at radius 3 is 2.06 bits per heavy atom. The molecule has 7 aromatic carbocycles. The molecule has 0 fully saturated rings. The zero-order valence-electron chi connectivity index (χ0n) is 28.6. The van der Waals surface area contributed by atoms with Crippen molar-refractivity contribution in [2.45, 2.75) is 19.3 Å². The van der Waals surface area contributed by atoms with E-state index in [-0.39, 0.29) is 5.41 Å². The van der Waals surface area contributed by atoms with Crippen LogP contribution in [0.3, 0.4) is 0 Å². The summed E-state index contributed by atoms with van der Waals surface area (Å²) >= 11 is 0. The largest absolute Gasteiger partial charge is 0.310 e. The average Bonchev–Trinajstić information content (AvgIpc) is 3.42. The molecule has 244 valence electrons. The molecule has 7 aromatic rings. The lowest BCUT2D eigenvalue weighted by Crippen LogP contribution is -2.19. The third kappa shape index (κ3) is 5.15. The molecule has 4 heteroatoms. The minimum Gasteiger partial charge on any atom is -0.310 e. The first-order valence-corrected chi connectivity index (χ1v) is 17.4. The first-order chi connectivity index (χ1) is 25.0. The summed E-state index contributed by atoms with van der Waals surface area (Å²) in [6.07, 6.45) is 3.98. The molecule has 2 N–H and O–H groups in total. The Labute approximate surface area is 298 Å². The molecule has 0 amide bonds. The normalized spacial score (nSPS) is 14.6. The van der Waals surface area contributed by atoms with Gasteiger partial charge in [0.1, 0.15) is 5.71 Å². The van der Waals surface area contributed by atoms with Gasteiger partial charge in [0.15, 0.2) is 0 Å². The van der Waals surface area contributed by atoms with Crippen LogP contribution < -0.4 is 10.3 Å². The van der Waals surface area contributed by atoms with Crippen molar-refractivity contribution in [2.24, 2.45) is 5.10 Å². The number of para-hydroxylation sites is 1. The van der Waals surface area contributed by atoms with Crippen LogP contribution in [-0.2, 0) is 5.41 Å². The molecule has 0 radical (unpaired) electrons. The van der Waals surface area contributed by atoms with Gasteiger partial charge in [-0.3, -0.25) is 10.8 Å².